The number of ether oxygens (including phenoxy) is 1. The Kier molecular flexibility index (Phi) is 4.21. The molecule has 0 saturated carbocycles. The van der Waals surface area contributed by atoms with E-state index < -0.39 is 0 Å². The molecule has 1 unspecified atom stereocenters. The molecule has 0 amide bonds. The molecule has 2 nitrogen and oxygen atoms in total. The molecule has 2 rings (SSSR count). The molecule has 0 aromatic heterocycles. The maximum atomic E-state index is 6.20. The first-order valence-corrected chi connectivity index (χ1v) is 6.58. The zero-order valence-electron chi connectivity index (χ0n) is 11.1. The summed E-state index contributed by atoms with van der Waals surface area (Å²) in [6.45, 7) is 2.19. The fourth-order valence-electron chi connectivity index (χ4n) is 2.19. The van der Waals surface area contributed by atoms with Crippen molar-refractivity contribution in [2.45, 2.75) is 32.2 Å². The van der Waals surface area contributed by atoms with Crippen molar-refractivity contribution in [2.24, 2.45) is 5.73 Å². The van der Waals surface area contributed by atoms with Crippen LogP contribution in [0.4, 0.5) is 0 Å². The highest BCUT2D eigenvalue weighted by Crippen LogP contribution is 2.25. The molecule has 2 aromatic carbocycles. The fraction of sp³-hybridized carbons (Fsp3) is 0.375. The number of hydrogen-bond donors (Lipinski definition) is 1. The van der Waals surface area contributed by atoms with E-state index in [4.69, 9.17) is 10.5 Å². The maximum absolute atomic E-state index is 6.20. The van der Waals surface area contributed by atoms with Gasteiger partial charge in [-0.25, -0.2) is 0 Å². The van der Waals surface area contributed by atoms with Crippen LogP contribution in [0.15, 0.2) is 36.4 Å². The topological polar surface area (TPSA) is 35.2 Å². The monoisotopic (exact) mass is 243 g/mol. The van der Waals surface area contributed by atoms with Crippen LogP contribution < -0.4 is 10.5 Å². The van der Waals surface area contributed by atoms with Gasteiger partial charge in [0.1, 0.15) is 5.75 Å². The van der Waals surface area contributed by atoms with Gasteiger partial charge >= 0.3 is 0 Å². The van der Waals surface area contributed by atoms with Crippen LogP contribution in [-0.4, -0.2) is 7.11 Å². The van der Waals surface area contributed by atoms with Crippen LogP contribution in [0.2, 0.25) is 0 Å². The lowest BCUT2D eigenvalue weighted by molar-refractivity contribution is 0.415. The van der Waals surface area contributed by atoms with Crippen molar-refractivity contribution >= 4 is 10.8 Å². The molecule has 0 fully saturated rings. The van der Waals surface area contributed by atoms with E-state index >= 15 is 0 Å². The molecule has 0 aliphatic rings. The molecule has 0 spiro atoms. The SMILES string of the molecule is CCCCC(N)c1ccc2cc(OC)ccc2c1. The largest absolute Gasteiger partial charge is 0.497 e. The Morgan fingerprint density at radius 2 is 1.83 bits per heavy atom. The quantitative estimate of drug-likeness (QED) is 0.860. The Morgan fingerprint density at radius 3 is 2.56 bits per heavy atom. The van der Waals surface area contributed by atoms with Crippen LogP contribution in [0.5, 0.6) is 5.75 Å². The molecule has 0 aliphatic heterocycles. The van der Waals surface area contributed by atoms with Crippen molar-refractivity contribution in [3.63, 3.8) is 0 Å². The van der Waals surface area contributed by atoms with E-state index in [1.807, 2.05) is 6.07 Å². The van der Waals surface area contributed by atoms with E-state index in [1.54, 1.807) is 7.11 Å². The molecule has 18 heavy (non-hydrogen) atoms. The molecule has 1 atom stereocenters. The Morgan fingerprint density at radius 1 is 1.11 bits per heavy atom. The summed E-state index contributed by atoms with van der Waals surface area (Å²) in [4.78, 5) is 0. The molecular formula is C16H21NO. The van der Waals surface area contributed by atoms with E-state index in [9.17, 15) is 0 Å². The van der Waals surface area contributed by atoms with E-state index in [0.717, 1.165) is 12.2 Å². The van der Waals surface area contributed by atoms with Gasteiger partial charge in [0.2, 0.25) is 0 Å². The lowest BCUT2D eigenvalue weighted by atomic mass is 9.99. The van der Waals surface area contributed by atoms with Crippen LogP contribution in [0, 0.1) is 0 Å². The standard InChI is InChI=1S/C16H21NO/c1-3-4-5-16(17)14-7-6-13-11-15(18-2)9-8-12(13)10-14/h6-11,16H,3-5,17H2,1-2H3. The Balaban J connectivity index is 2.27. The summed E-state index contributed by atoms with van der Waals surface area (Å²) in [7, 11) is 1.69. The summed E-state index contributed by atoms with van der Waals surface area (Å²) >= 11 is 0. The number of unbranched alkanes of at least 4 members (excludes halogenated alkanes) is 1. The zero-order valence-corrected chi connectivity index (χ0v) is 11.1. The van der Waals surface area contributed by atoms with E-state index in [2.05, 4.69) is 37.3 Å². The molecule has 0 aliphatic carbocycles. The first-order valence-electron chi connectivity index (χ1n) is 6.58. The van der Waals surface area contributed by atoms with Gasteiger partial charge in [-0.05, 0) is 41.0 Å². The molecular weight excluding hydrogens is 222 g/mol. The lowest BCUT2D eigenvalue weighted by Gasteiger charge is -2.12. The van der Waals surface area contributed by atoms with Gasteiger partial charge in [0, 0.05) is 6.04 Å². The first kappa shape index (κ1) is 12.9. The van der Waals surface area contributed by atoms with Crippen LogP contribution >= 0.6 is 0 Å². The second kappa shape index (κ2) is 5.87. The van der Waals surface area contributed by atoms with Crippen molar-refractivity contribution < 1.29 is 4.74 Å². The summed E-state index contributed by atoms with van der Waals surface area (Å²) in [5, 5.41) is 2.42. The average Bonchev–Trinajstić information content (AvgIpc) is 2.43. The third-order valence-electron chi connectivity index (χ3n) is 3.37. The van der Waals surface area contributed by atoms with Crippen molar-refractivity contribution in [3.8, 4) is 5.75 Å². The number of rotatable bonds is 5. The number of fused-ring (bicyclic) bond motifs is 1. The van der Waals surface area contributed by atoms with Gasteiger partial charge in [-0.3, -0.25) is 0 Å². The Labute approximate surface area is 109 Å². The second-order valence-electron chi connectivity index (χ2n) is 4.72. The van der Waals surface area contributed by atoms with E-state index in [-0.39, 0.29) is 6.04 Å². The molecule has 2 N–H and O–H groups in total. The minimum absolute atomic E-state index is 0.149. The molecule has 2 aromatic rings. The molecule has 96 valence electrons. The van der Waals surface area contributed by atoms with Gasteiger partial charge in [-0.15, -0.1) is 0 Å². The smallest absolute Gasteiger partial charge is 0.119 e. The summed E-state index contributed by atoms with van der Waals surface area (Å²) in [6.07, 6.45) is 3.43. The number of methoxy groups -OCH3 is 1. The van der Waals surface area contributed by atoms with Crippen LogP contribution in [-0.2, 0) is 0 Å². The first-order chi connectivity index (χ1) is 8.74. The second-order valence-corrected chi connectivity index (χ2v) is 4.72. The van der Waals surface area contributed by atoms with Crippen molar-refractivity contribution in [1.29, 1.82) is 0 Å². The van der Waals surface area contributed by atoms with Gasteiger partial charge in [-0.1, -0.05) is 38.0 Å². The fourth-order valence-corrected chi connectivity index (χ4v) is 2.19. The van der Waals surface area contributed by atoms with Gasteiger partial charge in [0.15, 0.2) is 0 Å². The van der Waals surface area contributed by atoms with Crippen molar-refractivity contribution in [2.75, 3.05) is 7.11 Å². The molecule has 0 heterocycles. The van der Waals surface area contributed by atoms with Crippen LogP contribution in [0.1, 0.15) is 37.8 Å². The van der Waals surface area contributed by atoms with E-state index in [1.165, 1.54) is 29.2 Å². The lowest BCUT2D eigenvalue weighted by Crippen LogP contribution is -2.09. The van der Waals surface area contributed by atoms with Gasteiger partial charge in [0.25, 0.3) is 0 Å². The minimum Gasteiger partial charge on any atom is -0.497 e. The van der Waals surface area contributed by atoms with E-state index in [0.29, 0.717) is 0 Å². The normalized spacial score (nSPS) is 12.6. The maximum Gasteiger partial charge on any atom is 0.119 e. The zero-order chi connectivity index (χ0) is 13.0. The minimum atomic E-state index is 0.149. The average molecular weight is 243 g/mol. The van der Waals surface area contributed by atoms with Crippen LogP contribution in [0.3, 0.4) is 0 Å². The van der Waals surface area contributed by atoms with Crippen molar-refractivity contribution in [1.82, 2.24) is 0 Å². The molecule has 0 saturated heterocycles. The third kappa shape index (κ3) is 2.82. The van der Waals surface area contributed by atoms with Gasteiger partial charge in [0.05, 0.1) is 7.11 Å². The molecule has 0 bridgehead atoms. The number of benzene rings is 2. The Bertz CT molecular complexity index is 521. The predicted octanol–water partition coefficient (Wildman–Crippen LogP) is 4.04. The number of nitrogens with two attached hydrogens (primary N) is 1. The highest BCUT2D eigenvalue weighted by molar-refractivity contribution is 5.84. The number of hydrogen-bond acceptors (Lipinski definition) is 2. The summed E-state index contributed by atoms with van der Waals surface area (Å²) < 4.78 is 5.23. The predicted molar refractivity (Wildman–Crippen MR) is 77.0 cm³/mol. The Hall–Kier alpha value is -1.54. The summed E-state index contributed by atoms with van der Waals surface area (Å²) in [5.41, 5.74) is 7.43. The van der Waals surface area contributed by atoms with Crippen molar-refractivity contribution in [3.05, 3.63) is 42.0 Å². The summed E-state index contributed by atoms with van der Waals surface area (Å²) in [5.74, 6) is 0.894. The highest BCUT2D eigenvalue weighted by Gasteiger charge is 2.06. The van der Waals surface area contributed by atoms with Gasteiger partial charge in [-0.2, -0.15) is 0 Å². The van der Waals surface area contributed by atoms with Crippen LogP contribution in [0.25, 0.3) is 10.8 Å². The highest BCUT2D eigenvalue weighted by atomic mass is 16.5. The molecule has 2 heteroatoms. The third-order valence-corrected chi connectivity index (χ3v) is 3.37. The van der Waals surface area contributed by atoms with Gasteiger partial charge < -0.3 is 10.5 Å². The summed E-state index contributed by atoms with van der Waals surface area (Å²) in [6, 6.07) is 12.7. The molecule has 0 radical (unpaired) electrons.